The van der Waals surface area contributed by atoms with Crippen LogP contribution in [0, 0.1) is 23.7 Å². The van der Waals surface area contributed by atoms with Crippen LogP contribution < -0.4 is 5.73 Å². The Morgan fingerprint density at radius 1 is 1.16 bits per heavy atom. The summed E-state index contributed by atoms with van der Waals surface area (Å²) in [6, 6.07) is 0.649. The Labute approximate surface area is 122 Å². The minimum absolute atomic E-state index is 0.322. The lowest BCUT2D eigenvalue weighted by atomic mass is 9.48. The molecule has 3 heteroatoms. The van der Waals surface area contributed by atoms with Crippen molar-refractivity contribution < 1.29 is 0 Å². The number of hydrogen-bond donors (Lipinski definition) is 1. The van der Waals surface area contributed by atoms with Crippen molar-refractivity contribution in [2.45, 2.75) is 50.6 Å². The van der Waals surface area contributed by atoms with E-state index in [9.17, 15) is 0 Å². The van der Waals surface area contributed by atoms with Crippen LogP contribution in [0.3, 0.4) is 0 Å². The molecular weight excluding hydrogens is 252 g/mol. The van der Waals surface area contributed by atoms with Crippen LogP contribution in [0.15, 0.2) is 0 Å². The number of likely N-dealkylation sites (N-methyl/N-ethyl adjacent to an activating group) is 1. The fourth-order valence-electron chi connectivity index (χ4n) is 5.82. The third-order valence-corrected chi connectivity index (χ3v) is 7.42. The summed E-state index contributed by atoms with van der Waals surface area (Å²) in [7, 11) is 2.36. The summed E-state index contributed by atoms with van der Waals surface area (Å²) in [4.78, 5) is 2.69. The Balaban J connectivity index is 1.86. The molecule has 0 spiro atoms. The fraction of sp³-hybridized carbons (Fsp3) is 1.00. The van der Waals surface area contributed by atoms with Crippen molar-refractivity contribution in [2.24, 2.45) is 29.4 Å². The molecule has 0 aromatic heterocycles. The highest BCUT2D eigenvalue weighted by Crippen LogP contribution is 2.59. The van der Waals surface area contributed by atoms with Crippen molar-refractivity contribution in [3.63, 3.8) is 0 Å². The zero-order valence-corrected chi connectivity index (χ0v) is 13.6. The van der Waals surface area contributed by atoms with Crippen molar-refractivity contribution in [3.8, 4) is 0 Å². The second-order valence-corrected chi connectivity index (χ2v) is 8.33. The molecule has 4 rings (SSSR count). The van der Waals surface area contributed by atoms with Crippen LogP contribution in [0.5, 0.6) is 0 Å². The van der Waals surface area contributed by atoms with Crippen molar-refractivity contribution >= 4 is 11.8 Å². The highest BCUT2D eigenvalue weighted by molar-refractivity contribution is 7.98. The first-order valence-corrected chi connectivity index (χ1v) is 9.43. The van der Waals surface area contributed by atoms with Gasteiger partial charge in [-0.2, -0.15) is 11.8 Å². The molecule has 4 bridgehead atoms. The molecule has 0 radical (unpaired) electrons. The number of rotatable bonds is 5. The average molecular weight is 282 g/mol. The minimum Gasteiger partial charge on any atom is -0.329 e. The van der Waals surface area contributed by atoms with Gasteiger partial charge in [0, 0.05) is 23.9 Å². The first-order valence-electron chi connectivity index (χ1n) is 8.03. The highest BCUT2D eigenvalue weighted by atomic mass is 32.2. The highest BCUT2D eigenvalue weighted by Gasteiger charge is 2.58. The van der Waals surface area contributed by atoms with Crippen LogP contribution in [0.1, 0.15) is 39.0 Å². The number of nitrogens with two attached hydrogens (primary N) is 1. The molecule has 2 N–H and O–H groups in total. The number of thioether (sulfide) groups is 1. The topological polar surface area (TPSA) is 29.3 Å². The van der Waals surface area contributed by atoms with Crippen LogP contribution in [0.2, 0.25) is 0 Å². The first kappa shape index (κ1) is 14.2. The molecule has 1 unspecified atom stereocenters. The molecular formula is C16H30N2S. The summed E-state index contributed by atoms with van der Waals surface area (Å²) in [5.74, 6) is 5.05. The van der Waals surface area contributed by atoms with Gasteiger partial charge < -0.3 is 5.73 Å². The van der Waals surface area contributed by atoms with Gasteiger partial charge in [-0.25, -0.2) is 0 Å². The molecule has 0 heterocycles. The predicted molar refractivity (Wildman–Crippen MR) is 84.4 cm³/mol. The fourth-order valence-corrected chi connectivity index (χ4v) is 6.52. The van der Waals surface area contributed by atoms with E-state index in [1.54, 1.807) is 0 Å². The maximum Gasteiger partial charge on any atom is 0.0388 e. The summed E-state index contributed by atoms with van der Waals surface area (Å²) < 4.78 is 0. The average Bonchev–Trinajstić information content (AvgIpc) is 2.38. The number of nitrogens with zero attached hydrogens (tertiary/aromatic N) is 1. The van der Waals surface area contributed by atoms with Gasteiger partial charge >= 0.3 is 0 Å². The zero-order chi connectivity index (χ0) is 13.6. The summed E-state index contributed by atoms with van der Waals surface area (Å²) in [6.07, 6.45) is 9.58. The van der Waals surface area contributed by atoms with Crippen molar-refractivity contribution in [3.05, 3.63) is 0 Å². The summed E-state index contributed by atoms with van der Waals surface area (Å²) in [5.41, 5.74) is 6.70. The Hall–Kier alpha value is 0.270. The van der Waals surface area contributed by atoms with Crippen LogP contribution in [-0.4, -0.2) is 42.1 Å². The molecule has 0 aromatic carbocycles. The van der Waals surface area contributed by atoms with Gasteiger partial charge in [-0.3, -0.25) is 4.90 Å². The monoisotopic (exact) mass is 282 g/mol. The summed E-state index contributed by atoms with van der Waals surface area (Å²) in [5, 5.41) is 0. The molecule has 4 fully saturated rings. The maximum absolute atomic E-state index is 6.38. The van der Waals surface area contributed by atoms with Crippen molar-refractivity contribution in [2.75, 3.05) is 25.6 Å². The van der Waals surface area contributed by atoms with Crippen LogP contribution >= 0.6 is 11.8 Å². The van der Waals surface area contributed by atoms with E-state index in [-0.39, 0.29) is 0 Å². The van der Waals surface area contributed by atoms with E-state index in [1.807, 2.05) is 11.8 Å². The van der Waals surface area contributed by atoms with Crippen molar-refractivity contribution in [1.29, 1.82) is 0 Å². The second-order valence-electron chi connectivity index (χ2n) is 7.42. The Kier molecular flexibility index (Phi) is 3.92. The lowest BCUT2D eigenvalue weighted by Gasteiger charge is -2.65. The van der Waals surface area contributed by atoms with Gasteiger partial charge in [-0.1, -0.05) is 0 Å². The molecule has 4 aliphatic carbocycles. The van der Waals surface area contributed by atoms with E-state index in [0.29, 0.717) is 11.6 Å². The summed E-state index contributed by atoms with van der Waals surface area (Å²) in [6.45, 7) is 3.26. The Morgan fingerprint density at radius 3 is 2.11 bits per heavy atom. The third kappa shape index (κ3) is 2.08. The molecule has 2 nitrogen and oxygen atoms in total. The van der Waals surface area contributed by atoms with Gasteiger partial charge in [0.1, 0.15) is 0 Å². The van der Waals surface area contributed by atoms with E-state index >= 15 is 0 Å². The van der Waals surface area contributed by atoms with Gasteiger partial charge in [0.25, 0.3) is 0 Å². The van der Waals surface area contributed by atoms with E-state index in [2.05, 4.69) is 25.1 Å². The van der Waals surface area contributed by atoms with Gasteiger partial charge in [0.05, 0.1) is 0 Å². The second kappa shape index (κ2) is 5.23. The van der Waals surface area contributed by atoms with Crippen LogP contribution in [-0.2, 0) is 0 Å². The van der Waals surface area contributed by atoms with E-state index in [1.165, 1.54) is 37.9 Å². The van der Waals surface area contributed by atoms with Gasteiger partial charge in [0.15, 0.2) is 0 Å². The lowest BCUT2D eigenvalue weighted by Crippen LogP contribution is -2.70. The molecule has 1 atom stereocenters. The molecule has 0 amide bonds. The molecule has 4 saturated carbocycles. The van der Waals surface area contributed by atoms with Crippen molar-refractivity contribution in [1.82, 2.24) is 4.90 Å². The van der Waals surface area contributed by atoms with Gasteiger partial charge in [-0.05, 0) is 76.0 Å². The summed E-state index contributed by atoms with van der Waals surface area (Å²) >= 11 is 1.97. The molecule has 0 aliphatic heterocycles. The van der Waals surface area contributed by atoms with E-state index < -0.39 is 0 Å². The molecule has 0 aromatic rings. The Bertz CT molecular complexity index is 303. The normalized spacial score (nSPS) is 45.9. The standard InChI is InChI=1S/C16H30N2S/c1-11(9-19-3)18(2)16(10-17)14-5-12-4-13(7-14)8-15(16)6-12/h11-15H,4-10,17H2,1-3H3. The van der Waals surface area contributed by atoms with E-state index in [0.717, 1.165) is 30.2 Å². The molecule has 4 aliphatic rings. The van der Waals surface area contributed by atoms with E-state index in [4.69, 9.17) is 5.73 Å². The van der Waals surface area contributed by atoms with Gasteiger partial charge in [0.2, 0.25) is 0 Å². The minimum atomic E-state index is 0.322. The first-order chi connectivity index (χ1) is 9.11. The third-order valence-electron chi connectivity index (χ3n) is 6.60. The predicted octanol–water partition coefficient (Wildman–Crippen LogP) is 2.82. The maximum atomic E-state index is 6.38. The number of hydrogen-bond acceptors (Lipinski definition) is 3. The molecule has 110 valence electrons. The quantitative estimate of drug-likeness (QED) is 0.841. The lowest BCUT2D eigenvalue weighted by molar-refractivity contribution is -0.131. The molecule has 0 saturated heterocycles. The smallest absolute Gasteiger partial charge is 0.0388 e. The largest absolute Gasteiger partial charge is 0.329 e. The zero-order valence-electron chi connectivity index (χ0n) is 12.8. The molecule has 19 heavy (non-hydrogen) atoms. The SMILES string of the molecule is CSCC(C)N(C)C1(CN)C2CC3CC(C2)CC1C3. The van der Waals surface area contributed by atoms with Crippen LogP contribution in [0.25, 0.3) is 0 Å². The van der Waals surface area contributed by atoms with Crippen LogP contribution in [0.4, 0.5) is 0 Å². The Morgan fingerprint density at radius 2 is 1.68 bits per heavy atom. The van der Waals surface area contributed by atoms with Gasteiger partial charge in [-0.15, -0.1) is 0 Å².